The summed E-state index contributed by atoms with van der Waals surface area (Å²) in [4.78, 5) is 7.55. The normalized spacial score (nSPS) is 11.8. The molecule has 0 saturated carbocycles. The monoisotopic (exact) mass is 278 g/mol. The van der Waals surface area contributed by atoms with Crippen LogP contribution in [0.3, 0.4) is 0 Å². The van der Waals surface area contributed by atoms with Crippen LogP contribution in [-0.4, -0.2) is 9.97 Å². The maximum Gasteiger partial charge on any atom is 0.451 e. The minimum Gasteiger partial charge on any atom is -0.224 e. The van der Waals surface area contributed by atoms with Crippen molar-refractivity contribution in [2.45, 2.75) is 13.1 Å². The van der Waals surface area contributed by atoms with E-state index in [9.17, 15) is 13.2 Å². The summed E-state index contributed by atoms with van der Waals surface area (Å²) in [5.74, 6) is -1.22. The third-order valence-electron chi connectivity index (χ3n) is 2.08. The van der Waals surface area contributed by atoms with Crippen molar-refractivity contribution in [3.05, 3.63) is 33.4 Å². The molecule has 0 atom stereocenters. The van der Waals surface area contributed by atoms with Crippen molar-refractivity contribution in [1.29, 1.82) is 0 Å². The van der Waals surface area contributed by atoms with Gasteiger partial charge in [0, 0.05) is 16.5 Å². The quantitative estimate of drug-likeness (QED) is 0.731. The molecule has 2 aromatic heterocycles. The number of aromatic nitrogens is 2. The molecule has 0 bridgehead atoms. The number of aryl methyl sites for hydroxylation is 1. The number of thiophene rings is 1. The first-order valence-electron chi connectivity index (χ1n) is 4.54. The second-order valence-corrected chi connectivity index (χ2v) is 4.80. The van der Waals surface area contributed by atoms with Crippen molar-refractivity contribution in [1.82, 2.24) is 9.97 Å². The lowest BCUT2D eigenvalue weighted by atomic mass is 10.2. The van der Waals surface area contributed by atoms with Gasteiger partial charge in [-0.2, -0.15) is 13.2 Å². The van der Waals surface area contributed by atoms with Crippen molar-refractivity contribution < 1.29 is 13.2 Å². The van der Waals surface area contributed by atoms with Crippen LogP contribution in [0.4, 0.5) is 13.2 Å². The first kappa shape index (κ1) is 12.3. The van der Waals surface area contributed by atoms with Crippen LogP contribution < -0.4 is 0 Å². The second-order valence-electron chi connectivity index (χ2n) is 3.29. The summed E-state index contributed by atoms with van der Waals surface area (Å²) in [7, 11) is 0. The fraction of sp³-hybridized carbons (Fsp3) is 0.200. The van der Waals surface area contributed by atoms with E-state index in [1.54, 1.807) is 11.4 Å². The Morgan fingerprint density at radius 3 is 2.53 bits per heavy atom. The molecule has 2 heterocycles. The van der Waals surface area contributed by atoms with E-state index in [1.165, 1.54) is 17.4 Å². The van der Waals surface area contributed by atoms with Crippen LogP contribution in [0.2, 0.25) is 5.15 Å². The van der Waals surface area contributed by atoms with E-state index >= 15 is 0 Å². The van der Waals surface area contributed by atoms with Crippen LogP contribution in [0.1, 0.15) is 10.7 Å². The SMILES string of the molecule is Cc1sccc1-c1cc(Cl)nc(C(F)(F)F)n1. The minimum absolute atomic E-state index is 0.191. The molecule has 7 heteroatoms. The van der Waals surface area contributed by atoms with E-state index in [0.717, 1.165) is 4.88 Å². The zero-order valence-electron chi connectivity index (χ0n) is 8.55. The van der Waals surface area contributed by atoms with Gasteiger partial charge in [0.1, 0.15) is 5.15 Å². The van der Waals surface area contributed by atoms with Gasteiger partial charge in [0.15, 0.2) is 0 Å². The van der Waals surface area contributed by atoms with E-state index < -0.39 is 12.0 Å². The van der Waals surface area contributed by atoms with E-state index in [-0.39, 0.29) is 10.8 Å². The van der Waals surface area contributed by atoms with Gasteiger partial charge in [0.05, 0.1) is 5.69 Å². The Labute approximate surface area is 104 Å². The van der Waals surface area contributed by atoms with Crippen LogP contribution in [0.25, 0.3) is 11.3 Å². The average Bonchev–Trinajstić information content (AvgIpc) is 2.62. The van der Waals surface area contributed by atoms with E-state index in [4.69, 9.17) is 11.6 Å². The predicted octanol–water partition coefficient (Wildman–Crippen LogP) is 4.19. The summed E-state index contributed by atoms with van der Waals surface area (Å²) >= 11 is 7.01. The molecule has 0 radical (unpaired) electrons. The lowest BCUT2D eigenvalue weighted by molar-refractivity contribution is -0.144. The van der Waals surface area contributed by atoms with Crippen LogP contribution in [0, 0.1) is 6.92 Å². The average molecular weight is 279 g/mol. The highest BCUT2D eigenvalue weighted by atomic mass is 35.5. The number of halogens is 4. The molecule has 0 aliphatic rings. The highest BCUT2D eigenvalue weighted by Crippen LogP contribution is 2.32. The summed E-state index contributed by atoms with van der Waals surface area (Å²) in [6.45, 7) is 1.81. The Morgan fingerprint density at radius 1 is 1.29 bits per heavy atom. The molecular formula is C10H6ClF3N2S. The molecule has 0 amide bonds. The van der Waals surface area contributed by atoms with Gasteiger partial charge in [-0.3, -0.25) is 0 Å². The minimum atomic E-state index is -4.59. The van der Waals surface area contributed by atoms with E-state index in [2.05, 4.69) is 9.97 Å². The molecule has 0 aromatic carbocycles. The molecule has 17 heavy (non-hydrogen) atoms. The number of alkyl halides is 3. The predicted molar refractivity (Wildman–Crippen MR) is 60.1 cm³/mol. The van der Waals surface area contributed by atoms with Gasteiger partial charge in [0.2, 0.25) is 5.82 Å². The molecular weight excluding hydrogens is 273 g/mol. The Balaban J connectivity index is 2.57. The summed E-state index contributed by atoms with van der Waals surface area (Å²) in [6, 6.07) is 3.03. The number of nitrogens with zero attached hydrogens (tertiary/aromatic N) is 2. The molecule has 0 spiro atoms. The number of hydrogen-bond donors (Lipinski definition) is 0. The molecule has 2 nitrogen and oxygen atoms in total. The van der Waals surface area contributed by atoms with E-state index in [1.807, 2.05) is 6.92 Å². The fourth-order valence-corrected chi connectivity index (χ4v) is 2.22. The van der Waals surface area contributed by atoms with Crippen molar-refractivity contribution in [3.8, 4) is 11.3 Å². The summed E-state index contributed by atoms with van der Waals surface area (Å²) in [5.41, 5.74) is 0.834. The zero-order chi connectivity index (χ0) is 12.6. The lowest BCUT2D eigenvalue weighted by Gasteiger charge is -2.07. The molecule has 90 valence electrons. The molecule has 0 aliphatic carbocycles. The first-order valence-corrected chi connectivity index (χ1v) is 5.80. The topological polar surface area (TPSA) is 25.8 Å². The lowest BCUT2D eigenvalue weighted by Crippen LogP contribution is -2.11. The summed E-state index contributed by atoms with van der Waals surface area (Å²) in [5, 5.41) is 1.57. The Hall–Kier alpha value is -1.14. The molecule has 0 fully saturated rings. The van der Waals surface area contributed by atoms with Gasteiger partial charge >= 0.3 is 6.18 Å². The van der Waals surface area contributed by atoms with Crippen LogP contribution in [0.5, 0.6) is 0 Å². The number of hydrogen-bond acceptors (Lipinski definition) is 3. The van der Waals surface area contributed by atoms with Gasteiger partial charge in [-0.1, -0.05) is 11.6 Å². The molecule has 0 saturated heterocycles. The Kier molecular flexibility index (Phi) is 3.09. The largest absolute Gasteiger partial charge is 0.451 e. The molecule has 0 N–H and O–H groups in total. The van der Waals surface area contributed by atoms with Crippen LogP contribution in [0.15, 0.2) is 17.5 Å². The third-order valence-corrected chi connectivity index (χ3v) is 3.12. The van der Waals surface area contributed by atoms with Crippen LogP contribution >= 0.6 is 22.9 Å². The van der Waals surface area contributed by atoms with Gasteiger partial charge in [-0.15, -0.1) is 11.3 Å². The maximum absolute atomic E-state index is 12.5. The Morgan fingerprint density at radius 2 is 2.00 bits per heavy atom. The van der Waals surface area contributed by atoms with Crippen molar-refractivity contribution in [3.63, 3.8) is 0 Å². The zero-order valence-corrected chi connectivity index (χ0v) is 10.1. The standard InChI is InChI=1S/C10H6ClF3N2S/c1-5-6(2-3-17-5)7-4-8(11)16-9(15-7)10(12,13)14/h2-4H,1H3. The highest BCUT2D eigenvalue weighted by molar-refractivity contribution is 7.10. The van der Waals surface area contributed by atoms with Gasteiger partial charge in [0.25, 0.3) is 0 Å². The fourth-order valence-electron chi connectivity index (χ4n) is 1.33. The smallest absolute Gasteiger partial charge is 0.224 e. The van der Waals surface area contributed by atoms with Crippen molar-refractivity contribution in [2.75, 3.05) is 0 Å². The maximum atomic E-state index is 12.5. The molecule has 0 aliphatic heterocycles. The third kappa shape index (κ3) is 2.58. The number of rotatable bonds is 1. The highest BCUT2D eigenvalue weighted by Gasteiger charge is 2.35. The van der Waals surface area contributed by atoms with Gasteiger partial charge in [-0.25, -0.2) is 9.97 Å². The summed E-state index contributed by atoms with van der Waals surface area (Å²) in [6.07, 6.45) is -4.59. The van der Waals surface area contributed by atoms with Crippen LogP contribution in [-0.2, 0) is 6.18 Å². The summed E-state index contributed by atoms with van der Waals surface area (Å²) < 4.78 is 37.5. The molecule has 2 aromatic rings. The van der Waals surface area contributed by atoms with Crippen molar-refractivity contribution >= 4 is 22.9 Å². The van der Waals surface area contributed by atoms with Crippen molar-refractivity contribution in [2.24, 2.45) is 0 Å². The van der Waals surface area contributed by atoms with Gasteiger partial charge < -0.3 is 0 Å². The second kappa shape index (κ2) is 4.27. The Bertz CT molecular complexity index is 551. The van der Waals surface area contributed by atoms with Gasteiger partial charge in [-0.05, 0) is 18.4 Å². The first-order chi connectivity index (χ1) is 7.88. The molecule has 0 unspecified atom stereocenters. The van der Waals surface area contributed by atoms with E-state index in [0.29, 0.717) is 5.56 Å². The molecule has 2 rings (SSSR count).